The zero-order valence-electron chi connectivity index (χ0n) is 9.70. The van der Waals surface area contributed by atoms with Gasteiger partial charge in [-0.3, -0.25) is 4.79 Å². The van der Waals surface area contributed by atoms with E-state index < -0.39 is 0 Å². The normalized spacial score (nSPS) is 10.3. The number of nitrogens with one attached hydrogen (secondary N) is 2. The van der Waals surface area contributed by atoms with Crippen LogP contribution < -0.4 is 15.6 Å². The maximum atomic E-state index is 11.4. The van der Waals surface area contributed by atoms with Crippen LogP contribution in [0.15, 0.2) is 23.3 Å². The fourth-order valence-electron chi connectivity index (χ4n) is 1.49. The monoisotopic (exact) mass is 285 g/mol. The van der Waals surface area contributed by atoms with Gasteiger partial charge in [-0.15, -0.1) is 11.3 Å². The van der Waals surface area contributed by atoms with Crippen LogP contribution >= 0.6 is 22.9 Å². The van der Waals surface area contributed by atoms with E-state index in [1.807, 2.05) is 12.1 Å². The molecule has 0 aliphatic carbocycles. The van der Waals surface area contributed by atoms with Crippen LogP contribution in [0.3, 0.4) is 0 Å². The predicted molar refractivity (Wildman–Crippen MR) is 72.9 cm³/mol. The quantitative estimate of drug-likeness (QED) is 0.883. The van der Waals surface area contributed by atoms with Gasteiger partial charge in [0.2, 0.25) is 5.75 Å². The highest BCUT2D eigenvalue weighted by Gasteiger charge is 2.08. The summed E-state index contributed by atoms with van der Waals surface area (Å²) in [4.78, 5) is 19.1. The molecule has 0 saturated carbocycles. The molecule has 96 valence electrons. The number of rotatable bonds is 5. The fourth-order valence-corrected chi connectivity index (χ4v) is 2.58. The van der Waals surface area contributed by atoms with Gasteiger partial charge in [-0.25, -0.2) is 4.98 Å². The number of anilines is 1. The molecule has 0 bridgehead atoms. The van der Waals surface area contributed by atoms with Gasteiger partial charge in [-0.2, -0.15) is 0 Å². The van der Waals surface area contributed by atoms with Crippen molar-refractivity contribution >= 4 is 28.8 Å². The van der Waals surface area contributed by atoms with Crippen molar-refractivity contribution in [2.45, 2.75) is 6.42 Å². The number of aromatic amines is 1. The van der Waals surface area contributed by atoms with Gasteiger partial charge in [0.1, 0.15) is 0 Å². The first-order valence-corrected chi connectivity index (χ1v) is 6.50. The van der Waals surface area contributed by atoms with Crippen molar-refractivity contribution in [2.75, 3.05) is 19.0 Å². The van der Waals surface area contributed by atoms with Gasteiger partial charge < -0.3 is 15.0 Å². The minimum atomic E-state index is -0.297. The number of thiophene rings is 1. The Kier molecular flexibility index (Phi) is 4.22. The number of ether oxygens (including phenoxy) is 1. The van der Waals surface area contributed by atoms with Crippen molar-refractivity contribution in [1.82, 2.24) is 9.97 Å². The van der Waals surface area contributed by atoms with Crippen LogP contribution in [0.4, 0.5) is 5.82 Å². The van der Waals surface area contributed by atoms with Crippen LogP contribution in [-0.2, 0) is 6.42 Å². The zero-order chi connectivity index (χ0) is 13.0. The maximum absolute atomic E-state index is 11.4. The van der Waals surface area contributed by atoms with Crippen LogP contribution in [0.25, 0.3) is 0 Å². The Morgan fingerprint density at radius 2 is 2.39 bits per heavy atom. The van der Waals surface area contributed by atoms with Gasteiger partial charge in [0.25, 0.3) is 5.56 Å². The first-order chi connectivity index (χ1) is 8.70. The van der Waals surface area contributed by atoms with Crippen LogP contribution in [0, 0.1) is 0 Å². The second-order valence-electron chi connectivity index (χ2n) is 3.50. The smallest absolute Gasteiger partial charge is 0.295 e. The zero-order valence-corrected chi connectivity index (χ0v) is 11.3. The minimum absolute atomic E-state index is 0.196. The lowest BCUT2D eigenvalue weighted by Gasteiger charge is -2.07. The molecule has 0 saturated heterocycles. The van der Waals surface area contributed by atoms with Crippen molar-refractivity contribution < 1.29 is 4.74 Å². The number of nitrogens with zero attached hydrogens (tertiary/aromatic N) is 1. The molecule has 5 nitrogen and oxygen atoms in total. The highest BCUT2D eigenvalue weighted by Crippen LogP contribution is 2.22. The molecule has 0 spiro atoms. The average Bonchev–Trinajstić information content (AvgIpc) is 2.75. The Bertz CT molecular complexity index is 582. The summed E-state index contributed by atoms with van der Waals surface area (Å²) in [5.74, 6) is 0.644. The lowest BCUT2D eigenvalue weighted by Crippen LogP contribution is -2.15. The first-order valence-electron chi connectivity index (χ1n) is 5.30. The Balaban J connectivity index is 1.98. The molecule has 2 rings (SSSR count). The molecular weight excluding hydrogens is 274 g/mol. The number of H-pyrrole nitrogens is 1. The number of aromatic nitrogens is 2. The third kappa shape index (κ3) is 3.02. The summed E-state index contributed by atoms with van der Waals surface area (Å²) >= 11 is 7.39. The molecule has 0 radical (unpaired) electrons. The molecule has 7 heteroatoms. The molecule has 18 heavy (non-hydrogen) atoms. The van der Waals surface area contributed by atoms with Crippen LogP contribution in [0.1, 0.15) is 4.88 Å². The fraction of sp³-hybridized carbons (Fsp3) is 0.273. The lowest BCUT2D eigenvalue weighted by atomic mass is 10.3. The number of methoxy groups -OCH3 is 1. The summed E-state index contributed by atoms with van der Waals surface area (Å²) in [5, 5.41) is 3.07. The molecule has 0 fully saturated rings. The van der Waals surface area contributed by atoms with Gasteiger partial charge in [0.05, 0.1) is 17.8 Å². The third-order valence-electron chi connectivity index (χ3n) is 2.31. The van der Waals surface area contributed by atoms with E-state index in [1.54, 1.807) is 11.3 Å². The Labute approximate surface area is 113 Å². The van der Waals surface area contributed by atoms with Crippen molar-refractivity contribution in [3.8, 4) is 5.75 Å². The van der Waals surface area contributed by atoms with E-state index >= 15 is 0 Å². The standard InChI is InChI=1S/C11H12ClN3O2S/c1-17-9-10(14-6-15-11(9)16)13-5-4-7-2-3-8(12)18-7/h2-3,6H,4-5H2,1H3,(H2,13,14,15,16). The highest BCUT2D eigenvalue weighted by atomic mass is 35.5. The largest absolute Gasteiger partial charge is 0.489 e. The van der Waals surface area contributed by atoms with E-state index in [1.165, 1.54) is 18.3 Å². The van der Waals surface area contributed by atoms with E-state index in [-0.39, 0.29) is 11.3 Å². The van der Waals surface area contributed by atoms with Crippen LogP contribution in [0.5, 0.6) is 5.75 Å². The molecule has 0 aliphatic rings. The van der Waals surface area contributed by atoms with Crippen molar-refractivity contribution in [3.05, 3.63) is 38.0 Å². The van der Waals surface area contributed by atoms with Gasteiger partial charge in [0.15, 0.2) is 5.82 Å². The molecule has 2 heterocycles. The minimum Gasteiger partial charge on any atom is -0.489 e. The van der Waals surface area contributed by atoms with E-state index in [4.69, 9.17) is 16.3 Å². The summed E-state index contributed by atoms with van der Waals surface area (Å²) in [6.45, 7) is 0.656. The molecule has 2 N–H and O–H groups in total. The van der Waals surface area contributed by atoms with Gasteiger partial charge in [-0.05, 0) is 18.6 Å². The predicted octanol–water partition coefficient (Wildman–Crippen LogP) is 2.15. The third-order valence-corrected chi connectivity index (χ3v) is 3.60. The molecule has 0 unspecified atom stereocenters. The first kappa shape index (κ1) is 12.9. The number of hydrogen-bond donors (Lipinski definition) is 2. The van der Waals surface area contributed by atoms with E-state index in [0.717, 1.165) is 10.8 Å². The van der Waals surface area contributed by atoms with Gasteiger partial charge >= 0.3 is 0 Å². The summed E-state index contributed by atoms with van der Waals surface area (Å²) in [5.41, 5.74) is -0.297. The highest BCUT2D eigenvalue weighted by molar-refractivity contribution is 7.16. The summed E-state index contributed by atoms with van der Waals surface area (Å²) in [7, 11) is 1.44. The number of halogens is 1. The average molecular weight is 286 g/mol. The number of hydrogen-bond acceptors (Lipinski definition) is 5. The molecule has 0 aliphatic heterocycles. The maximum Gasteiger partial charge on any atom is 0.295 e. The van der Waals surface area contributed by atoms with E-state index in [9.17, 15) is 4.79 Å². The Morgan fingerprint density at radius 3 is 3.06 bits per heavy atom. The molecule has 0 aromatic carbocycles. The van der Waals surface area contributed by atoms with E-state index in [2.05, 4.69) is 15.3 Å². The molecular formula is C11H12ClN3O2S. The van der Waals surface area contributed by atoms with Crippen LogP contribution in [-0.4, -0.2) is 23.6 Å². The molecule has 0 atom stereocenters. The van der Waals surface area contributed by atoms with Gasteiger partial charge in [-0.1, -0.05) is 11.6 Å². The Hall–Kier alpha value is -1.53. The second kappa shape index (κ2) is 5.88. The van der Waals surface area contributed by atoms with Crippen molar-refractivity contribution in [2.24, 2.45) is 0 Å². The van der Waals surface area contributed by atoms with E-state index in [0.29, 0.717) is 12.4 Å². The van der Waals surface area contributed by atoms with Gasteiger partial charge in [0, 0.05) is 11.4 Å². The molecule has 2 aromatic heterocycles. The SMILES string of the molecule is COc1c(NCCc2ccc(Cl)s2)nc[nH]c1=O. The lowest BCUT2D eigenvalue weighted by molar-refractivity contribution is 0.408. The van der Waals surface area contributed by atoms with Crippen molar-refractivity contribution in [3.63, 3.8) is 0 Å². The topological polar surface area (TPSA) is 67.0 Å². The second-order valence-corrected chi connectivity index (χ2v) is 5.30. The summed E-state index contributed by atoms with van der Waals surface area (Å²) < 4.78 is 5.77. The van der Waals surface area contributed by atoms with Crippen LogP contribution in [0.2, 0.25) is 4.34 Å². The molecule has 2 aromatic rings. The Morgan fingerprint density at radius 1 is 1.56 bits per heavy atom. The van der Waals surface area contributed by atoms with Crippen molar-refractivity contribution in [1.29, 1.82) is 0 Å². The summed E-state index contributed by atoms with van der Waals surface area (Å²) in [6, 6.07) is 3.85. The molecule has 0 amide bonds. The summed E-state index contributed by atoms with van der Waals surface area (Å²) in [6.07, 6.45) is 2.16.